The fourth-order valence-corrected chi connectivity index (χ4v) is 3.13. The molecule has 1 N–H and O–H groups in total. The molecule has 5 heteroatoms. The van der Waals surface area contributed by atoms with Crippen LogP contribution in [0.3, 0.4) is 0 Å². The highest BCUT2D eigenvalue weighted by Gasteiger charge is 2.28. The molecule has 1 heterocycles. The van der Waals surface area contributed by atoms with E-state index in [2.05, 4.69) is 4.90 Å². The van der Waals surface area contributed by atoms with E-state index in [0.29, 0.717) is 6.54 Å². The Bertz CT molecular complexity index is 266. The largest absolute Gasteiger partial charge is 0.392 e. The van der Waals surface area contributed by atoms with E-state index >= 15 is 0 Å². The van der Waals surface area contributed by atoms with Crippen LogP contribution in [-0.2, 0) is 4.79 Å². The molecule has 4 nitrogen and oxygen atoms in total. The molecule has 0 unspecified atom stereocenters. The SMILES string of the molecule is CC(C)N(C[C@H](C)O)C(=O)[C@@H](C)N1CCSCC1. The fourth-order valence-electron chi connectivity index (χ4n) is 2.20. The summed E-state index contributed by atoms with van der Waals surface area (Å²) in [5, 5.41) is 9.50. The molecular weight excluding hydrogens is 248 g/mol. The molecule has 0 radical (unpaired) electrons. The zero-order valence-electron chi connectivity index (χ0n) is 11.9. The van der Waals surface area contributed by atoms with Gasteiger partial charge >= 0.3 is 0 Å². The van der Waals surface area contributed by atoms with Gasteiger partial charge in [0.05, 0.1) is 12.1 Å². The van der Waals surface area contributed by atoms with Crippen molar-refractivity contribution in [3.8, 4) is 0 Å². The molecule has 0 aromatic carbocycles. The topological polar surface area (TPSA) is 43.8 Å². The van der Waals surface area contributed by atoms with Crippen LogP contribution in [0, 0.1) is 0 Å². The summed E-state index contributed by atoms with van der Waals surface area (Å²) < 4.78 is 0. The molecule has 1 aliphatic heterocycles. The molecule has 0 aromatic rings. The first-order chi connectivity index (χ1) is 8.43. The third kappa shape index (κ3) is 4.44. The Labute approximate surface area is 115 Å². The monoisotopic (exact) mass is 274 g/mol. The second-order valence-corrected chi connectivity index (χ2v) is 6.48. The van der Waals surface area contributed by atoms with Gasteiger partial charge in [-0.05, 0) is 27.7 Å². The lowest BCUT2D eigenvalue weighted by Crippen LogP contribution is -2.52. The van der Waals surface area contributed by atoms with E-state index in [4.69, 9.17) is 0 Å². The Morgan fingerprint density at radius 1 is 1.28 bits per heavy atom. The number of carbonyl (C=O) groups excluding carboxylic acids is 1. The van der Waals surface area contributed by atoms with Gasteiger partial charge in [-0.25, -0.2) is 0 Å². The maximum absolute atomic E-state index is 12.5. The van der Waals surface area contributed by atoms with Crippen LogP contribution in [0.4, 0.5) is 0 Å². The molecular formula is C13H26N2O2S. The molecule has 0 bridgehead atoms. The molecule has 0 saturated carbocycles. The van der Waals surface area contributed by atoms with Crippen LogP contribution in [0.5, 0.6) is 0 Å². The predicted octanol–water partition coefficient (Wildman–Crippen LogP) is 1.04. The number of rotatable bonds is 5. The normalized spacial score (nSPS) is 20.8. The van der Waals surface area contributed by atoms with Crippen LogP contribution in [-0.4, -0.2) is 70.1 Å². The van der Waals surface area contributed by atoms with Crippen molar-refractivity contribution in [2.75, 3.05) is 31.1 Å². The Morgan fingerprint density at radius 3 is 2.28 bits per heavy atom. The second-order valence-electron chi connectivity index (χ2n) is 5.26. The maximum Gasteiger partial charge on any atom is 0.239 e. The standard InChI is InChI=1S/C13H26N2O2S/c1-10(2)15(9-11(3)16)13(17)12(4)14-5-7-18-8-6-14/h10-12,16H,5-9H2,1-4H3/t11-,12+/m0/s1. The van der Waals surface area contributed by atoms with E-state index in [0.717, 1.165) is 24.6 Å². The number of aliphatic hydroxyl groups is 1. The Kier molecular flexibility index (Phi) is 6.46. The quantitative estimate of drug-likeness (QED) is 0.813. The van der Waals surface area contributed by atoms with Crippen LogP contribution in [0.2, 0.25) is 0 Å². The van der Waals surface area contributed by atoms with Crippen LogP contribution in [0.1, 0.15) is 27.7 Å². The van der Waals surface area contributed by atoms with Crippen molar-refractivity contribution >= 4 is 17.7 Å². The van der Waals surface area contributed by atoms with Gasteiger partial charge in [0.25, 0.3) is 0 Å². The average molecular weight is 274 g/mol. The van der Waals surface area contributed by atoms with Crippen LogP contribution in [0.15, 0.2) is 0 Å². The molecule has 18 heavy (non-hydrogen) atoms. The van der Waals surface area contributed by atoms with Crippen molar-refractivity contribution in [2.45, 2.75) is 45.9 Å². The fraction of sp³-hybridized carbons (Fsp3) is 0.923. The van der Waals surface area contributed by atoms with Gasteiger partial charge in [-0.3, -0.25) is 9.69 Å². The highest BCUT2D eigenvalue weighted by atomic mass is 32.2. The highest BCUT2D eigenvalue weighted by molar-refractivity contribution is 7.99. The minimum absolute atomic E-state index is 0.0768. The summed E-state index contributed by atoms with van der Waals surface area (Å²) in [6, 6.07) is 0.0563. The van der Waals surface area contributed by atoms with Gasteiger partial charge in [0, 0.05) is 37.2 Å². The molecule has 1 aliphatic rings. The van der Waals surface area contributed by atoms with Crippen molar-refractivity contribution in [1.82, 2.24) is 9.80 Å². The first-order valence-electron chi connectivity index (χ1n) is 6.73. The Balaban J connectivity index is 2.63. The van der Waals surface area contributed by atoms with Gasteiger partial charge < -0.3 is 10.0 Å². The number of nitrogens with zero attached hydrogens (tertiary/aromatic N) is 2. The summed E-state index contributed by atoms with van der Waals surface area (Å²) >= 11 is 1.95. The highest BCUT2D eigenvalue weighted by Crippen LogP contribution is 2.15. The van der Waals surface area contributed by atoms with Gasteiger partial charge in [-0.1, -0.05) is 0 Å². The Morgan fingerprint density at radius 2 is 1.83 bits per heavy atom. The number of amides is 1. The summed E-state index contributed by atoms with van der Waals surface area (Å²) in [7, 11) is 0. The van der Waals surface area contributed by atoms with E-state index < -0.39 is 6.10 Å². The molecule has 0 aromatic heterocycles. The van der Waals surface area contributed by atoms with Crippen molar-refractivity contribution < 1.29 is 9.90 Å². The summed E-state index contributed by atoms with van der Waals surface area (Å²) in [4.78, 5) is 16.5. The van der Waals surface area contributed by atoms with Gasteiger partial charge in [0.1, 0.15) is 0 Å². The lowest BCUT2D eigenvalue weighted by Gasteiger charge is -2.36. The molecule has 1 amide bonds. The lowest BCUT2D eigenvalue weighted by molar-refractivity contribution is -0.139. The third-order valence-corrected chi connectivity index (χ3v) is 4.26. The van der Waals surface area contributed by atoms with Crippen LogP contribution < -0.4 is 0 Å². The van der Waals surface area contributed by atoms with Gasteiger partial charge in [-0.2, -0.15) is 11.8 Å². The Hall–Kier alpha value is -0.260. The zero-order valence-corrected chi connectivity index (χ0v) is 12.7. The number of hydrogen-bond donors (Lipinski definition) is 1. The van der Waals surface area contributed by atoms with E-state index in [1.54, 1.807) is 11.8 Å². The molecule has 0 spiro atoms. The van der Waals surface area contributed by atoms with Crippen molar-refractivity contribution in [1.29, 1.82) is 0 Å². The molecule has 1 saturated heterocycles. The van der Waals surface area contributed by atoms with Crippen LogP contribution >= 0.6 is 11.8 Å². The minimum Gasteiger partial charge on any atom is -0.392 e. The summed E-state index contributed by atoms with van der Waals surface area (Å²) in [5.41, 5.74) is 0. The summed E-state index contributed by atoms with van der Waals surface area (Å²) in [5.74, 6) is 2.35. The maximum atomic E-state index is 12.5. The van der Waals surface area contributed by atoms with E-state index in [9.17, 15) is 9.90 Å². The zero-order chi connectivity index (χ0) is 13.7. The second kappa shape index (κ2) is 7.36. The van der Waals surface area contributed by atoms with E-state index in [1.165, 1.54) is 0 Å². The van der Waals surface area contributed by atoms with E-state index in [-0.39, 0.29) is 18.0 Å². The molecule has 1 rings (SSSR count). The molecule has 2 atom stereocenters. The predicted molar refractivity (Wildman–Crippen MR) is 76.9 cm³/mol. The van der Waals surface area contributed by atoms with E-state index in [1.807, 2.05) is 32.5 Å². The lowest BCUT2D eigenvalue weighted by atomic mass is 10.2. The third-order valence-electron chi connectivity index (χ3n) is 3.32. The van der Waals surface area contributed by atoms with Gasteiger partial charge in [0.15, 0.2) is 0 Å². The van der Waals surface area contributed by atoms with Crippen LogP contribution in [0.25, 0.3) is 0 Å². The molecule has 1 fully saturated rings. The van der Waals surface area contributed by atoms with Crippen molar-refractivity contribution in [3.05, 3.63) is 0 Å². The minimum atomic E-state index is -0.472. The molecule has 0 aliphatic carbocycles. The smallest absolute Gasteiger partial charge is 0.239 e. The first-order valence-corrected chi connectivity index (χ1v) is 7.89. The molecule has 106 valence electrons. The summed E-state index contributed by atoms with van der Waals surface area (Å²) in [6.45, 7) is 10.1. The van der Waals surface area contributed by atoms with Gasteiger partial charge in [0.2, 0.25) is 5.91 Å². The average Bonchev–Trinajstić information content (AvgIpc) is 2.34. The van der Waals surface area contributed by atoms with Gasteiger partial charge in [-0.15, -0.1) is 0 Å². The van der Waals surface area contributed by atoms with Crippen molar-refractivity contribution in [3.63, 3.8) is 0 Å². The first kappa shape index (κ1) is 15.8. The number of thioether (sulfide) groups is 1. The summed E-state index contributed by atoms with van der Waals surface area (Å²) in [6.07, 6.45) is -0.472. The number of hydrogen-bond acceptors (Lipinski definition) is 4. The van der Waals surface area contributed by atoms with Crippen molar-refractivity contribution in [2.24, 2.45) is 0 Å². The number of carbonyl (C=O) groups is 1. The number of aliphatic hydroxyl groups excluding tert-OH is 1.